The fraction of sp³-hybridized carbons (Fsp3) is 0.462. The number of nitrogens with two attached hydrogens (primary N) is 1. The van der Waals surface area contributed by atoms with Crippen LogP contribution >= 0.6 is 0 Å². The second-order valence-electron chi connectivity index (χ2n) is 4.43. The highest BCUT2D eigenvalue weighted by Crippen LogP contribution is 2.25. The molecule has 1 aromatic carbocycles. The van der Waals surface area contributed by atoms with Gasteiger partial charge in [0.15, 0.2) is 0 Å². The molecule has 0 spiro atoms. The topological polar surface area (TPSA) is 117 Å². The lowest BCUT2D eigenvalue weighted by Crippen LogP contribution is -2.28. The fourth-order valence-corrected chi connectivity index (χ4v) is 1.91. The van der Waals surface area contributed by atoms with Gasteiger partial charge < -0.3 is 10.2 Å². The van der Waals surface area contributed by atoms with E-state index in [0.717, 1.165) is 5.56 Å². The van der Waals surface area contributed by atoms with Gasteiger partial charge in [-0.15, -0.1) is 0 Å². The van der Waals surface area contributed by atoms with Gasteiger partial charge in [-0.3, -0.25) is 20.9 Å². The molecule has 21 heavy (non-hydrogen) atoms. The summed E-state index contributed by atoms with van der Waals surface area (Å²) < 4.78 is 5.04. The Morgan fingerprint density at radius 3 is 2.86 bits per heavy atom. The molecule has 0 atom stereocenters. The van der Waals surface area contributed by atoms with E-state index in [1.54, 1.807) is 19.2 Å². The van der Waals surface area contributed by atoms with Gasteiger partial charge in [0.2, 0.25) is 0 Å². The van der Waals surface area contributed by atoms with Crippen molar-refractivity contribution in [3.63, 3.8) is 0 Å². The number of rotatable bonds is 9. The molecule has 0 saturated heterocycles. The molecule has 0 unspecified atom stereocenters. The molecule has 8 nitrogen and oxygen atoms in total. The van der Waals surface area contributed by atoms with Crippen LogP contribution in [0.15, 0.2) is 18.2 Å². The van der Waals surface area contributed by atoms with Crippen molar-refractivity contribution in [3.05, 3.63) is 33.9 Å². The van der Waals surface area contributed by atoms with Crippen LogP contribution in [0, 0.1) is 21.4 Å². The van der Waals surface area contributed by atoms with Crippen LogP contribution in [-0.2, 0) is 11.3 Å². The molecule has 0 heterocycles. The minimum Gasteiger partial charge on any atom is -0.383 e. The van der Waals surface area contributed by atoms with E-state index in [2.05, 4.69) is 11.5 Å². The van der Waals surface area contributed by atoms with Crippen LogP contribution < -0.4 is 11.3 Å². The van der Waals surface area contributed by atoms with Crippen LogP contribution in [0.3, 0.4) is 0 Å². The third-order valence-corrected chi connectivity index (χ3v) is 2.97. The first kappa shape index (κ1) is 16.8. The molecule has 0 aliphatic carbocycles. The Bertz CT molecular complexity index is 515. The highest BCUT2D eigenvalue weighted by molar-refractivity contribution is 5.62. The second kappa shape index (κ2) is 8.86. The minimum absolute atomic E-state index is 0.0679. The normalized spacial score (nSPS) is 10.4. The van der Waals surface area contributed by atoms with Crippen LogP contribution in [0.25, 0.3) is 0 Å². The third kappa shape index (κ3) is 5.35. The van der Waals surface area contributed by atoms with Gasteiger partial charge in [-0.2, -0.15) is 5.26 Å². The smallest absolute Gasteiger partial charge is 0.293 e. The summed E-state index contributed by atoms with van der Waals surface area (Å²) in [4.78, 5) is 12.4. The molecule has 0 aliphatic heterocycles. The van der Waals surface area contributed by atoms with Crippen LogP contribution in [0.1, 0.15) is 12.0 Å². The standard InChI is InChI=1S/C13H19N5O3/c1-21-8-7-17(6-2-5-14)10-11-3-4-13(18(19)20)12(9-11)16-15/h3-4,9,16H,2,6-8,10,15H2,1H3. The summed E-state index contributed by atoms with van der Waals surface area (Å²) in [6.45, 7) is 2.42. The number of benzene rings is 1. The molecule has 1 rings (SSSR count). The molecule has 0 aliphatic rings. The van der Waals surface area contributed by atoms with E-state index in [-0.39, 0.29) is 11.4 Å². The molecule has 0 amide bonds. The predicted molar refractivity (Wildman–Crippen MR) is 78.3 cm³/mol. The predicted octanol–water partition coefficient (Wildman–Crippen LogP) is 1.24. The number of methoxy groups -OCH3 is 1. The van der Waals surface area contributed by atoms with Crippen LogP contribution in [0.5, 0.6) is 0 Å². The lowest BCUT2D eigenvalue weighted by atomic mass is 10.1. The molecular formula is C13H19N5O3. The minimum atomic E-state index is -0.489. The highest BCUT2D eigenvalue weighted by Gasteiger charge is 2.14. The molecule has 0 saturated carbocycles. The fourth-order valence-electron chi connectivity index (χ4n) is 1.91. The number of hydrazine groups is 1. The van der Waals surface area contributed by atoms with Gasteiger partial charge in [-0.05, 0) is 11.6 Å². The molecule has 0 radical (unpaired) electrons. The Kier molecular flexibility index (Phi) is 7.11. The lowest BCUT2D eigenvalue weighted by Gasteiger charge is -2.21. The van der Waals surface area contributed by atoms with Crippen molar-refractivity contribution in [2.75, 3.05) is 32.2 Å². The number of nitro groups is 1. The number of nitrogen functional groups attached to an aromatic ring is 1. The van der Waals surface area contributed by atoms with Gasteiger partial charge in [0.05, 0.1) is 17.6 Å². The zero-order valence-corrected chi connectivity index (χ0v) is 11.9. The molecule has 0 fully saturated rings. The van der Waals surface area contributed by atoms with Crippen molar-refractivity contribution >= 4 is 11.4 Å². The Morgan fingerprint density at radius 1 is 1.52 bits per heavy atom. The zero-order valence-electron chi connectivity index (χ0n) is 11.9. The molecule has 3 N–H and O–H groups in total. The summed E-state index contributed by atoms with van der Waals surface area (Å²) in [5.41, 5.74) is 3.42. The lowest BCUT2D eigenvalue weighted by molar-refractivity contribution is -0.384. The van der Waals surface area contributed by atoms with Crippen LogP contribution in [0.2, 0.25) is 0 Å². The van der Waals surface area contributed by atoms with Gasteiger partial charge in [0, 0.05) is 39.2 Å². The Hall–Kier alpha value is -2.21. The van der Waals surface area contributed by atoms with E-state index in [1.807, 2.05) is 4.90 Å². The molecule has 114 valence electrons. The van der Waals surface area contributed by atoms with Crippen molar-refractivity contribution in [1.82, 2.24) is 4.90 Å². The van der Waals surface area contributed by atoms with Crippen LogP contribution in [0.4, 0.5) is 11.4 Å². The first-order valence-corrected chi connectivity index (χ1v) is 6.44. The number of nitriles is 1. The molecular weight excluding hydrogens is 274 g/mol. The number of hydrogen-bond donors (Lipinski definition) is 2. The number of nitrogens with one attached hydrogen (secondary N) is 1. The number of nitro benzene ring substituents is 1. The molecule has 1 aromatic rings. The Labute approximate surface area is 123 Å². The summed E-state index contributed by atoms with van der Waals surface area (Å²) in [5.74, 6) is 5.32. The summed E-state index contributed by atoms with van der Waals surface area (Å²) in [6, 6.07) is 6.85. The van der Waals surface area contributed by atoms with Gasteiger partial charge in [0.25, 0.3) is 5.69 Å². The van der Waals surface area contributed by atoms with E-state index in [0.29, 0.717) is 32.7 Å². The Morgan fingerprint density at radius 2 is 2.29 bits per heavy atom. The summed E-state index contributed by atoms with van der Waals surface area (Å²) >= 11 is 0. The average molecular weight is 293 g/mol. The van der Waals surface area contributed by atoms with E-state index >= 15 is 0 Å². The maximum atomic E-state index is 10.8. The van der Waals surface area contributed by atoms with E-state index < -0.39 is 4.92 Å². The van der Waals surface area contributed by atoms with Crippen molar-refractivity contribution in [1.29, 1.82) is 5.26 Å². The summed E-state index contributed by atoms with van der Waals surface area (Å²) in [6.07, 6.45) is 0.415. The number of anilines is 1. The SMILES string of the molecule is COCCN(CCC#N)Cc1ccc([N+](=O)[O-])c(NN)c1. The third-order valence-electron chi connectivity index (χ3n) is 2.97. The first-order chi connectivity index (χ1) is 10.1. The monoisotopic (exact) mass is 293 g/mol. The summed E-state index contributed by atoms with van der Waals surface area (Å²) in [7, 11) is 1.62. The largest absolute Gasteiger partial charge is 0.383 e. The van der Waals surface area contributed by atoms with Gasteiger partial charge in [0.1, 0.15) is 5.69 Å². The van der Waals surface area contributed by atoms with Crippen molar-refractivity contribution in [3.8, 4) is 6.07 Å². The molecule has 0 bridgehead atoms. The number of nitrogens with zero attached hydrogens (tertiary/aromatic N) is 3. The van der Waals surface area contributed by atoms with Crippen LogP contribution in [-0.4, -0.2) is 36.6 Å². The maximum absolute atomic E-state index is 10.8. The van der Waals surface area contributed by atoms with Gasteiger partial charge in [-0.1, -0.05) is 6.07 Å². The van der Waals surface area contributed by atoms with Crippen molar-refractivity contribution in [2.45, 2.75) is 13.0 Å². The molecule has 8 heteroatoms. The van der Waals surface area contributed by atoms with Crippen molar-refractivity contribution in [2.24, 2.45) is 5.84 Å². The molecule has 0 aromatic heterocycles. The maximum Gasteiger partial charge on any atom is 0.293 e. The first-order valence-electron chi connectivity index (χ1n) is 6.44. The van der Waals surface area contributed by atoms with E-state index in [4.69, 9.17) is 15.8 Å². The highest BCUT2D eigenvalue weighted by atomic mass is 16.6. The second-order valence-corrected chi connectivity index (χ2v) is 4.43. The zero-order chi connectivity index (χ0) is 15.7. The van der Waals surface area contributed by atoms with E-state index in [1.165, 1.54) is 6.07 Å². The summed E-state index contributed by atoms with van der Waals surface area (Å²) in [5, 5.41) is 19.5. The quantitative estimate of drug-likeness (QED) is 0.399. The number of hydrogen-bond acceptors (Lipinski definition) is 7. The number of ether oxygens (including phenoxy) is 1. The Balaban J connectivity index is 2.82. The van der Waals surface area contributed by atoms with Gasteiger partial charge in [-0.25, -0.2) is 0 Å². The van der Waals surface area contributed by atoms with Crippen molar-refractivity contribution < 1.29 is 9.66 Å². The van der Waals surface area contributed by atoms with Gasteiger partial charge >= 0.3 is 0 Å². The van der Waals surface area contributed by atoms with E-state index in [9.17, 15) is 10.1 Å². The average Bonchev–Trinajstić information content (AvgIpc) is 2.49.